The largest absolute Gasteiger partial charge is 0.330 e. The molecule has 0 amide bonds. The Bertz CT molecular complexity index is 688. The van der Waals surface area contributed by atoms with Crippen LogP contribution in [0, 0.1) is 0 Å². The third-order valence-electron chi connectivity index (χ3n) is 2.67. The summed E-state index contributed by atoms with van der Waals surface area (Å²) in [4.78, 5) is 5.36. The molecule has 0 spiro atoms. The predicted molar refractivity (Wildman–Crippen MR) is 74.1 cm³/mol. The predicted octanol–water partition coefficient (Wildman–Crippen LogP) is 2.61. The first-order valence-electron chi connectivity index (χ1n) is 5.57. The summed E-state index contributed by atoms with van der Waals surface area (Å²) in [5.74, 6) is 0.658. The van der Waals surface area contributed by atoms with E-state index in [0.29, 0.717) is 17.4 Å². The molecule has 0 saturated carbocycles. The molecule has 0 aliphatic rings. The zero-order valence-electron chi connectivity index (χ0n) is 9.51. The van der Waals surface area contributed by atoms with Crippen molar-refractivity contribution in [3.63, 3.8) is 0 Å². The van der Waals surface area contributed by atoms with Gasteiger partial charge in [-0.3, -0.25) is 0 Å². The molecular formula is C12H11ClN4S. The highest BCUT2D eigenvalue weighted by molar-refractivity contribution is 7.15. The van der Waals surface area contributed by atoms with Gasteiger partial charge in [-0.15, -0.1) is 16.4 Å². The van der Waals surface area contributed by atoms with Gasteiger partial charge in [-0.25, -0.2) is 4.52 Å². The van der Waals surface area contributed by atoms with Gasteiger partial charge in [0.25, 0.3) is 0 Å². The summed E-state index contributed by atoms with van der Waals surface area (Å²) in [5, 5.41) is 7.20. The van der Waals surface area contributed by atoms with Crippen LogP contribution >= 0.6 is 22.9 Å². The number of rotatable bonds is 3. The van der Waals surface area contributed by atoms with Crippen molar-refractivity contribution in [3.05, 3.63) is 40.4 Å². The van der Waals surface area contributed by atoms with Gasteiger partial charge >= 0.3 is 0 Å². The van der Waals surface area contributed by atoms with Gasteiger partial charge in [0.2, 0.25) is 4.96 Å². The molecule has 0 unspecified atom stereocenters. The molecule has 0 saturated heterocycles. The van der Waals surface area contributed by atoms with Gasteiger partial charge in [-0.05, 0) is 18.7 Å². The number of fused-ring (bicyclic) bond motifs is 1. The molecule has 0 aliphatic heterocycles. The first-order chi connectivity index (χ1) is 8.79. The Labute approximate surface area is 113 Å². The van der Waals surface area contributed by atoms with Gasteiger partial charge in [0, 0.05) is 17.4 Å². The second-order valence-electron chi connectivity index (χ2n) is 3.88. The van der Waals surface area contributed by atoms with Crippen LogP contribution in [0.4, 0.5) is 0 Å². The fraction of sp³-hybridized carbons (Fsp3) is 0.167. The summed E-state index contributed by atoms with van der Waals surface area (Å²) < 4.78 is 1.84. The van der Waals surface area contributed by atoms with Crippen molar-refractivity contribution < 1.29 is 0 Å². The third-order valence-corrected chi connectivity index (χ3v) is 3.86. The fourth-order valence-corrected chi connectivity index (χ4v) is 2.88. The number of benzene rings is 1. The quantitative estimate of drug-likeness (QED) is 0.801. The summed E-state index contributed by atoms with van der Waals surface area (Å²) in [6.45, 7) is 0.604. The lowest BCUT2D eigenvalue weighted by Gasteiger charge is -1.97. The van der Waals surface area contributed by atoms with Crippen LogP contribution in [0.2, 0.25) is 5.02 Å². The number of hydrogen-bond acceptors (Lipinski definition) is 4. The molecule has 2 heterocycles. The topological polar surface area (TPSA) is 56.2 Å². The third kappa shape index (κ3) is 1.90. The molecule has 18 heavy (non-hydrogen) atoms. The van der Waals surface area contributed by atoms with Crippen molar-refractivity contribution in [2.24, 2.45) is 5.73 Å². The van der Waals surface area contributed by atoms with Crippen LogP contribution in [0.25, 0.3) is 16.3 Å². The van der Waals surface area contributed by atoms with E-state index in [4.69, 9.17) is 17.3 Å². The lowest BCUT2D eigenvalue weighted by Crippen LogP contribution is -2.05. The standard InChI is InChI=1S/C12H11ClN4S/c13-10-4-2-1-3-9(10)11-15-12-17(16-11)8(5-6-14)7-18-12/h1-4,7H,5-6,14H2. The number of hydrogen-bond donors (Lipinski definition) is 1. The Morgan fingerprint density at radius 2 is 2.17 bits per heavy atom. The minimum Gasteiger partial charge on any atom is -0.330 e. The van der Waals surface area contributed by atoms with Crippen LogP contribution in [0.3, 0.4) is 0 Å². The highest BCUT2D eigenvalue weighted by atomic mass is 35.5. The molecule has 0 fully saturated rings. The van der Waals surface area contributed by atoms with E-state index in [1.165, 1.54) is 0 Å². The van der Waals surface area contributed by atoms with Crippen molar-refractivity contribution in [1.29, 1.82) is 0 Å². The number of halogens is 1. The van der Waals surface area contributed by atoms with Gasteiger partial charge < -0.3 is 5.73 Å². The van der Waals surface area contributed by atoms with Gasteiger partial charge in [0.1, 0.15) is 0 Å². The Morgan fingerprint density at radius 1 is 1.33 bits per heavy atom. The fourth-order valence-electron chi connectivity index (χ4n) is 1.80. The molecule has 3 aromatic rings. The van der Waals surface area contributed by atoms with Crippen molar-refractivity contribution >= 4 is 27.9 Å². The van der Waals surface area contributed by atoms with Crippen LogP contribution in [0.1, 0.15) is 5.69 Å². The summed E-state index contributed by atoms with van der Waals surface area (Å²) >= 11 is 7.71. The number of nitrogens with zero attached hydrogens (tertiary/aromatic N) is 3. The van der Waals surface area contributed by atoms with Crippen LogP contribution < -0.4 is 5.73 Å². The first kappa shape index (κ1) is 11.6. The second-order valence-corrected chi connectivity index (χ2v) is 5.12. The van der Waals surface area contributed by atoms with Crippen molar-refractivity contribution in [1.82, 2.24) is 14.6 Å². The summed E-state index contributed by atoms with van der Waals surface area (Å²) in [6.07, 6.45) is 0.797. The monoisotopic (exact) mass is 278 g/mol. The lowest BCUT2D eigenvalue weighted by molar-refractivity contribution is 0.844. The SMILES string of the molecule is NCCc1csc2nc(-c3ccccc3Cl)nn12. The number of thiazole rings is 1. The molecule has 4 nitrogen and oxygen atoms in total. The van der Waals surface area contributed by atoms with E-state index in [2.05, 4.69) is 10.1 Å². The van der Waals surface area contributed by atoms with Crippen LogP contribution in [-0.4, -0.2) is 21.1 Å². The maximum atomic E-state index is 6.15. The Balaban J connectivity index is 2.11. The smallest absolute Gasteiger partial charge is 0.212 e. The summed E-state index contributed by atoms with van der Waals surface area (Å²) in [6, 6.07) is 7.58. The van der Waals surface area contributed by atoms with E-state index in [9.17, 15) is 0 Å². The molecule has 6 heteroatoms. The Hall–Kier alpha value is -1.43. The summed E-state index contributed by atoms with van der Waals surface area (Å²) in [5.41, 5.74) is 7.52. The van der Waals surface area contributed by atoms with Gasteiger partial charge in [0.05, 0.1) is 10.7 Å². The molecular weight excluding hydrogens is 268 g/mol. The lowest BCUT2D eigenvalue weighted by atomic mass is 10.2. The average molecular weight is 279 g/mol. The van der Waals surface area contributed by atoms with Crippen LogP contribution in [-0.2, 0) is 6.42 Å². The van der Waals surface area contributed by atoms with E-state index in [1.807, 2.05) is 34.2 Å². The van der Waals surface area contributed by atoms with Crippen molar-refractivity contribution in [3.8, 4) is 11.4 Å². The maximum Gasteiger partial charge on any atom is 0.212 e. The van der Waals surface area contributed by atoms with E-state index in [0.717, 1.165) is 22.6 Å². The normalized spacial score (nSPS) is 11.2. The van der Waals surface area contributed by atoms with Crippen molar-refractivity contribution in [2.75, 3.05) is 6.54 Å². The average Bonchev–Trinajstić information content (AvgIpc) is 2.92. The molecule has 1 aromatic carbocycles. The van der Waals surface area contributed by atoms with E-state index >= 15 is 0 Å². The van der Waals surface area contributed by atoms with E-state index < -0.39 is 0 Å². The molecule has 0 radical (unpaired) electrons. The van der Waals surface area contributed by atoms with Gasteiger partial charge in [0.15, 0.2) is 5.82 Å². The van der Waals surface area contributed by atoms with E-state index in [-0.39, 0.29) is 0 Å². The molecule has 0 aliphatic carbocycles. The highest BCUT2D eigenvalue weighted by Crippen LogP contribution is 2.26. The zero-order chi connectivity index (χ0) is 12.5. The minimum atomic E-state index is 0.604. The maximum absolute atomic E-state index is 6.15. The van der Waals surface area contributed by atoms with Gasteiger partial charge in [-0.2, -0.15) is 4.98 Å². The zero-order valence-corrected chi connectivity index (χ0v) is 11.1. The molecule has 3 rings (SSSR count). The second kappa shape index (κ2) is 4.68. The Kier molecular flexibility index (Phi) is 3.03. The van der Waals surface area contributed by atoms with Crippen molar-refractivity contribution in [2.45, 2.75) is 6.42 Å². The van der Waals surface area contributed by atoms with Crippen LogP contribution in [0.15, 0.2) is 29.6 Å². The molecule has 2 aromatic heterocycles. The van der Waals surface area contributed by atoms with E-state index in [1.54, 1.807) is 11.3 Å². The van der Waals surface area contributed by atoms with Gasteiger partial charge in [-0.1, -0.05) is 23.7 Å². The summed E-state index contributed by atoms with van der Waals surface area (Å²) in [7, 11) is 0. The first-order valence-corrected chi connectivity index (χ1v) is 6.83. The molecule has 2 N–H and O–H groups in total. The number of nitrogens with two attached hydrogens (primary N) is 1. The van der Waals surface area contributed by atoms with Crippen LogP contribution in [0.5, 0.6) is 0 Å². The minimum absolute atomic E-state index is 0.604. The number of aromatic nitrogens is 3. The molecule has 0 atom stereocenters. The molecule has 92 valence electrons. The highest BCUT2D eigenvalue weighted by Gasteiger charge is 2.12. The Morgan fingerprint density at radius 3 is 2.94 bits per heavy atom. The molecule has 0 bridgehead atoms.